The molecular formula is C16H12Cl2N4O. The summed E-state index contributed by atoms with van der Waals surface area (Å²) >= 11 is 12.2. The highest BCUT2D eigenvalue weighted by atomic mass is 35.5. The molecule has 5 nitrogen and oxygen atoms in total. The predicted octanol–water partition coefficient (Wildman–Crippen LogP) is 4.18. The van der Waals surface area contributed by atoms with Crippen LogP contribution in [0, 0.1) is 0 Å². The Labute approximate surface area is 143 Å². The van der Waals surface area contributed by atoms with Crippen molar-refractivity contribution in [3.8, 4) is 0 Å². The lowest BCUT2D eigenvalue weighted by molar-refractivity contribution is -0.112. The van der Waals surface area contributed by atoms with E-state index in [1.54, 1.807) is 43.3 Å². The van der Waals surface area contributed by atoms with Gasteiger partial charge in [-0.05, 0) is 31.2 Å². The monoisotopic (exact) mass is 346 g/mol. The SMILES string of the molecule is CC1=NN(c2ccccc2Cl)C(=O)C1=NNc1ccccc1Cl. The van der Waals surface area contributed by atoms with E-state index in [9.17, 15) is 4.79 Å². The van der Waals surface area contributed by atoms with Gasteiger partial charge in [0.25, 0.3) is 0 Å². The molecule has 0 radical (unpaired) electrons. The van der Waals surface area contributed by atoms with Crippen molar-refractivity contribution in [3.05, 3.63) is 58.6 Å². The van der Waals surface area contributed by atoms with Crippen LogP contribution in [0.3, 0.4) is 0 Å². The summed E-state index contributed by atoms with van der Waals surface area (Å²) in [5, 5.41) is 10.6. The zero-order chi connectivity index (χ0) is 16.4. The van der Waals surface area contributed by atoms with Gasteiger partial charge in [0.1, 0.15) is 0 Å². The van der Waals surface area contributed by atoms with E-state index in [4.69, 9.17) is 23.2 Å². The summed E-state index contributed by atoms with van der Waals surface area (Å²) < 4.78 is 0. The number of rotatable bonds is 3. The van der Waals surface area contributed by atoms with Crippen molar-refractivity contribution >= 4 is 51.9 Å². The third-order valence-electron chi connectivity index (χ3n) is 3.23. The average Bonchev–Trinajstić information content (AvgIpc) is 2.82. The number of hydrogen-bond acceptors (Lipinski definition) is 4. The summed E-state index contributed by atoms with van der Waals surface area (Å²) in [5.41, 5.74) is 4.63. The van der Waals surface area contributed by atoms with Gasteiger partial charge in [0.05, 0.1) is 27.1 Å². The normalized spacial score (nSPS) is 16.0. The molecule has 0 spiro atoms. The Bertz CT molecular complexity index is 832. The molecule has 1 amide bonds. The van der Waals surface area contributed by atoms with Gasteiger partial charge in [-0.1, -0.05) is 47.5 Å². The van der Waals surface area contributed by atoms with Gasteiger partial charge >= 0.3 is 5.91 Å². The van der Waals surface area contributed by atoms with Gasteiger partial charge in [0.2, 0.25) is 0 Å². The van der Waals surface area contributed by atoms with Crippen molar-refractivity contribution in [2.45, 2.75) is 6.92 Å². The van der Waals surface area contributed by atoms with Crippen molar-refractivity contribution in [2.24, 2.45) is 10.2 Å². The van der Waals surface area contributed by atoms with Crippen molar-refractivity contribution in [3.63, 3.8) is 0 Å². The summed E-state index contributed by atoms with van der Waals surface area (Å²) in [5.74, 6) is -0.352. The number of nitrogens with zero attached hydrogens (tertiary/aromatic N) is 3. The molecule has 2 aromatic carbocycles. The summed E-state index contributed by atoms with van der Waals surface area (Å²) in [6.45, 7) is 1.71. The fourth-order valence-electron chi connectivity index (χ4n) is 2.08. The maximum atomic E-state index is 12.5. The molecule has 0 atom stereocenters. The molecule has 23 heavy (non-hydrogen) atoms. The quantitative estimate of drug-likeness (QED) is 0.847. The highest BCUT2D eigenvalue weighted by molar-refractivity contribution is 6.71. The fraction of sp³-hybridized carbons (Fsp3) is 0.0625. The van der Waals surface area contributed by atoms with Crippen molar-refractivity contribution in [2.75, 3.05) is 10.4 Å². The Morgan fingerprint density at radius 3 is 2.39 bits per heavy atom. The first-order valence-corrected chi connectivity index (χ1v) is 7.56. The highest BCUT2D eigenvalue weighted by Gasteiger charge is 2.31. The van der Waals surface area contributed by atoms with Crippen LogP contribution in [-0.4, -0.2) is 17.3 Å². The number of hydrogen-bond donors (Lipinski definition) is 1. The van der Waals surface area contributed by atoms with Crippen LogP contribution in [0.5, 0.6) is 0 Å². The van der Waals surface area contributed by atoms with Crippen molar-refractivity contribution in [1.29, 1.82) is 0 Å². The fourth-order valence-corrected chi connectivity index (χ4v) is 2.48. The Kier molecular flexibility index (Phi) is 4.32. The van der Waals surface area contributed by atoms with Gasteiger partial charge in [-0.3, -0.25) is 10.2 Å². The van der Waals surface area contributed by atoms with Gasteiger partial charge in [0.15, 0.2) is 5.71 Å². The van der Waals surface area contributed by atoms with Crippen LogP contribution in [0.15, 0.2) is 58.7 Å². The molecule has 0 fully saturated rings. The molecule has 3 rings (SSSR count). The van der Waals surface area contributed by atoms with Gasteiger partial charge in [-0.2, -0.15) is 15.2 Å². The van der Waals surface area contributed by atoms with E-state index in [-0.39, 0.29) is 11.6 Å². The number of para-hydroxylation sites is 2. The van der Waals surface area contributed by atoms with E-state index < -0.39 is 0 Å². The molecule has 7 heteroatoms. The van der Waals surface area contributed by atoms with Gasteiger partial charge in [0, 0.05) is 0 Å². The molecule has 1 N–H and O–H groups in total. The first kappa shape index (κ1) is 15.5. The topological polar surface area (TPSA) is 57.1 Å². The smallest absolute Gasteiger partial charge is 0.276 e. The number of halogens is 2. The minimum Gasteiger partial charge on any atom is -0.276 e. The van der Waals surface area contributed by atoms with Gasteiger partial charge < -0.3 is 0 Å². The van der Waals surface area contributed by atoms with Crippen LogP contribution in [0.4, 0.5) is 11.4 Å². The largest absolute Gasteiger partial charge is 0.301 e. The lowest BCUT2D eigenvalue weighted by Gasteiger charge is -2.12. The van der Waals surface area contributed by atoms with Gasteiger partial charge in [-0.15, -0.1) is 0 Å². The summed E-state index contributed by atoms with van der Waals surface area (Å²) in [4.78, 5) is 12.5. The van der Waals surface area contributed by atoms with Crippen molar-refractivity contribution in [1.82, 2.24) is 0 Å². The molecule has 0 aliphatic carbocycles. The third kappa shape index (κ3) is 3.06. The average molecular weight is 347 g/mol. The van der Waals surface area contributed by atoms with Crippen LogP contribution in [0.2, 0.25) is 10.0 Å². The van der Waals surface area contributed by atoms with E-state index in [0.717, 1.165) is 0 Å². The molecule has 0 saturated heterocycles. The molecule has 0 bridgehead atoms. The molecule has 1 aliphatic heterocycles. The zero-order valence-electron chi connectivity index (χ0n) is 12.1. The Morgan fingerprint density at radius 2 is 1.70 bits per heavy atom. The van der Waals surface area contributed by atoms with Crippen LogP contribution < -0.4 is 10.4 Å². The Hall–Kier alpha value is -2.37. The molecule has 0 unspecified atom stereocenters. The van der Waals surface area contributed by atoms with Gasteiger partial charge in [-0.25, -0.2) is 0 Å². The molecule has 116 valence electrons. The van der Waals surface area contributed by atoms with Crippen LogP contribution in [-0.2, 0) is 4.79 Å². The van der Waals surface area contributed by atoms with Crippen LogP contribution in [0.1, 0.15) is 6.92 Å². The Morgan fingerprint density at radius 1 is 1.04 bits per heavy atom. The molecule has 1 heterocycles. The summed E-state index contributed by atoms with van der Waals surface area (Å²) in [6, 6.07) is 14.1. The first-order chi connectivity index (χ1) is 11.1. The molecule has 0 saturated carbocycles. The minimum absolute atomic E-state index is 0.213. The third-order valence-corrected chi connectivity index (χ3v) is 3.88. The lowest BCUT2D eigenvalue weighted by Crippen LogP contribution is -2.28. The number of anilines is 2. The maximum Gasteiger partial charge on any atom is 0.301 e. The molecule has 0 aromatic heterocycles. The predicted molar refractivity (Wildman–Crippen MR) is 94.6 cm³/mol. The summed E-state index contributed by atoms with van der Waals surface area (Å²) in [6.07, 6.45) is 0. The maximum absolute atomic E-state index is 12.5. The van der Waals surface area contributed by atoms with Crippen LogP contribution >= 0.6 is 23.2 Å². The number of nitrogens with one attached hydrogen (secondary N) is 1. The highest BCUT2D eigenvalue weighted by Crippen LogP contribution is 2.28. The molecule has 2 aromatic rings. The standard InChI is InChI=1S/C16H12Cl2N4O/c1-10-15(20-19-13-8-4-2-6-11(13)17)16(23)22(21-10)14-9-5-3-7-12(14)18/h2-9,19H,1H3. The number of carbonyl (C=O) groups excluding carboxylic acids is 1. The van der Waals surface area contributed by atoms with E-state index in [2.05, 4.69) is 15.6 Å². The Balaban J connectivity index is 1.87. The minimum atomic E-state index is -0.352. The zero-order valence-corrected chi connectivity index (χ0v) is 13.6. The number of carbonyl (C=O) groups is 1. The number of amides is 1. The van der Waals surface area contributed by atoms with E-state index in [1.165, 1.54) is 5.01 Å². The second-order valence-electron chi connectivity index (χ2n) is 4.81. The summed E-state index contributed by atoms with van der Waals surface area (Å²) in [7, 11) is 0. The lowest BCUT2D eigenvalue weighted by atomic mass is 10.2. The number of hydrazone groups is 2. The van der Waals surface area contributed by atoms with E-state index in [0.29, 0.717) is 27.1 Å². The second kappa shape index (κ2) is 6.40. The van der Waals surface area contributed by atoms with E-state index >= 15 is 0 Å². The van der Waals surface area contributed by atoms with Crippen molar-refractivity contribution < 1.29 is 4.79 Å². The van der Waals surface area contributed by atoms with E-state index in [1.807, 2.05) is 12.1 Å². The van der Waals surface area contributed by atoms with Crippen LogP contribution in [0.25, 0.3) is 0 Å². The first-order valence-electron chi connectivity index (χ1n) is 6.80. The molecular weight excluding hydrogens is 335 g/mol. The number of benzene rings is 2. The second-order valence-corrected chi connectivity index (χ2v) is 5.62. The molecule has 1 aliphatic rings.